The lowest BCUT2D eigenvalue weighted by Gasteiger charge is -2.30. The summed E-state index contributed by atoms with van der Waals surface area (Å²) in [5.74, 6) is 0. The van der Waals surface area contributed by atoms with Gasteiger partial charge >= 0.3 is 12.2 Å². The predicted molar refractivity (Wildman–Crippen MR) is 81.3 cm³/mol. The summed E-state index contributed by atoms with van der Waals surface area (Å²) in [4.78, 5) is 24.1. The van der Waals surface area contributed by atoms with Crippen LogP contribution < -0.4 is 5.43 Å². The molecule has 1 N–H and O–H groups in total. The van der Waals surface area contributed by atoms with Crippen molar-refractivity contribution in [2.45, 2.75) is 71.7 Å². The van der Waals surface area contributed by atoms with Crippen LogP contribution in [0.1, 0.15) is 54.4 Å². The molecule has 0 aliphatic carbocycles. The van der Waals surface area contributed by atoms with Crippen LogP contribution in [-0.2, 0) is 14.2 Å². The van der Waals surface area contributed by atoms with Gasteiger partial charge in [0.2, 0.25) is 0 Å². The van der Waals surface area contributed by atoms with Crippen molar-refractivity contribution in [3.63, 3.8) is 0 Å². The fourth-order valence-electron chi connectivity index (χ4n) is 1.89. The minimum absolute atomic E-state index is 0.109. The van der Waals surface area contributed by atoms with Crippen molar-refractivity contribution in [2.24, 2.45) is 0 Å². The van der Waals surface area contributed by atoms with Crippen LogP contribution in [0.4, 0.5) is 9.59 Å². The highest BCUT2D eigenvalue weighted by atomic mass is 16.6. The van der Waals surface area contributed by atoms with Gasteiger partial charge in [0.25, 0.3) is 0 Å². The maximum Gasteiger partial charge on any atom is 0.429 e. The number of hydrazine groups is 1. The number of hydrogen-bond acceptors (Lipinski definition) is 5. The zero-order valence-corrected chi connectivity index (χ0v) is 14.4. The number of nitrogens with one attached hydrogen (secondary N) is 1. The molecule has 1 aliphatic heterocycles. The third kappa shape index (κ3) is 7.49. The highest BCUT2D eigenvalue weighted by Crippen LogP contribution is 2.15. The van der Waals surface area contributed by atoms with Gasteiger partial charge in [0.1, 0.15) is 11.2 Å². The zero-order valence-electron chi connectivity index (χ0n) is 14.4. The largest absolute Gasteiger partial charge is 0.443 e. The van der Waals surface area contributed by atoms with E-state index in [9.17, 15) is 9.59 Å². The first kappa shape index (κ1) is 18.5. The molecule has 7 nitrogen and oxygen atoms in total. The molecule has 128 valence electrons. The SMILES string of the molecule is CC(C)(C)OC(=O)NN(CC1CCCO1)C(=O)OC(C)(C)C. The molecule has 0 aromatic heterocycles. The maximum atomic E-state index is 12.2. The van der Waals surface area contributed by atoms with Crippen LogP contribution in [0, 0.1) is 0 Å². The van der Waals surface area contributed by atoms with Crippen LogP contribution in [0.25, 0.3) is 0 Å². The van der Waals surface area contributed by atoms with Gasteiger partial charge < -0.3 is 14.2 Å². The van der Waals surface area contributed by atoms with Crippen LogP contribution in [0.3, 0.4) is 0 Å². The van der Waals surface area contributed by atoms with Gasteiger partial charge in [-0.3, -0.25) is 0 Å². The minimum atomic E-state index is -0.698. The summed E-state index contributed by atoms with van der Waals surface area (Å²) in [6, 6.07) is 0. The highest BCUT2D eigenvalue weighted by molar-refractivity contribution is 5.74. The van der Waals surface area contributed by atoms with E-state index in [4.69, 9.17) is 14.2 Å². The molecular weight excluding hydrogens is 288 g/mol. The van der Waals surface area contributed by atoms with E-state index < -0.39 is 23.4 Å². The average Bonchev–Trinajstić information content (AvgIpc) is 2.75. The second kappa shape index (κ2) is 7.17. The summed E-state index contributed by atoms with van der Waals surface area (Å²) < 4.78 is 16.0. The van der Waals surface area contributed by atoms with Crippen molar-refractivity contribution in [1.29, 1.82) is 0 Å². The predicted octanol–water partition coefficient (Wildman–Crippen LogP) is 2.84. The number of carbonyl (C=O) groups is 2. The average molecular weight is 316 g/mol. The molecule has 1 saturated heterocycles. The molecule has 0 aromatic rings. The molecule has 7 heteroatoms. The fourth-order valence-corrected chi connectivity index (χ4v) is 1.89. The van der Waals surface area contributed by atoms with Crippen molar-refractivity contribution >= 4 is 12.2 Å². The number of ether oxygens (including phenoxy) is 3. The molecule has 1 unspecified atom stereocenters. The molecule has 0 spiro atoms. The van der Waals surface area contributed by atoms with E-state index in [0.29, 0.717) is 6.61 Å². The summed E-state index contributed by atoms with van der Waals surface area (Å²) in [5.41, 5.74) is 1.14. The van der Waals surface area contributed by atoms with Gasteiger partial charge in [-0.1, -0.05) is 0 Å². The van der Waals surface area contributed by atoms with Gasteiger partial charge in [0.05, 0.1) is 12.6 Å². The first-order valence-corrected chi connectivity index (χ1v) is 7.58. The van der Waals surface area contributed by atoms with Crippen molar-refractivity contribution < 1.29 is 23.8 Å². The molecule has 0 radical (unpaired) electrons. The van der Waals surface area contributed by atoms with Crippen LogP contribution in [-0.4, -0.2) is 47.7 Å². The quantitative estimate of drug-likeness (QED) is 0.793. The number of hydrogen-bond donors (Lipinski definition) is 1. The molecule has 1 fully saturated rings. The van der Waals surface area contributed by atoms with Crippen molar-refractivity contribution in [1.82, 2.24) is 10.4 Å². The lowest BCUT2D eigenvalue weighted by Crippen LogP contribution is -2.52. The Hall–Kier alpha value is -1.50. The Morgan fingerprint density at radius 2 is 1.73 bits per heavy atom. The number of rotatable bonds is 2. The van der Waals surface area contributed by atoms with Crippen LogP contribution >= 0.6 is 0 Å². The molecule has 1 rings (SSSR count). The van der Waals surface area contributed by atoms with E-state index in [1.165, 1.54) is 0 Å². The summed E-state index contributed by atoms with van der Waals surface area (Å²) in [7, 11) is 0. The molecular formula is C15H28N2O5. The van der Waals surface area contributed by atoms with Crippen molar-refractivity contribution in [3.8, 4) is 0 Å². The number of amides is 2. The summed E-state index contributed by atoms with van der Waals surface area (Å²) >= 11 is 0. The Morgan fingerprint density at radius 3 is 2.18 bits per heavy atom. The Balaban J connectivity index is 2.68. The lowest BCUT2D eigenvalue weighted by molar-refractivity contribution is -0.0124. The van der Waals surface area contributed by atoms with E-state index >= 15 is 0 Å². The minimum Gasteiger partial charge on any atom is -0.443 e. The van der Waals surface area contributed by atoms with Crippen LogP contribution in [0.2, 0.25) is 0 Å². The summed E-state index contributed by atoms with van der Waals surface area (Å²) in [6.45, 7) is 11.5. The van der Waals surface area contributed by atoms with Gasteiger partial charge in [-0.2, -0.15) is 0 Å². The summed E-state index contributed by atoms with van der Waals surface area (Å²) in [6.07, 6.45) is 0.349. The van der Waals surface area contributed by atoms with Crippen LogP contribution in [0.5, 0.6) is 0 Å². The first-order chi connectivity index (χ1) is 9.96. The van der Waals surface area contributed by atoms with Gasteiger partial charge in [0, 0.05) is 6.61 Å². The first-order valence-electron chi connectivity index (χ1n) is 7.58. The second-order valence-corrected chi connectivity index (χ2v) is 7.34. The fraction of sp³-hybridized carbons (Fsp3) is 0.867. The molecule has 0 aromatic carbocycles. The van der Waals surface area contributed by atoms with Gasteiger partial charge in [-0.05, 0) is 54.4 Å². The molecule has 1 aliphatic rings. The summed E-state index contributed by atoms with van der Waals surface area (Å²) in [5, 5.41) is 1.12. The number of nitrogens with zero attached hydrogens (tertiary/aromatic N) is 1. The molecule has 1 atom stereocenters. The third-order valence-corrected chi connectivity index (χ3v) is 2.65. The normalized spacial score (nSPS) is 18.7. The Labute approximate surface area is 132 Å². The Kier molecular flexibility index (Phi) is 6.05. The standard InChI is InChI=1S/C15H28N2O5/c1-14(2,3)21-12(18)16-17(10-11-8-7-9-20-11)13(19)22-15(4,5)6/h11H,7-10H2,1-6H3,(H,16,18). The van der Waals surface area contributed by atoms with E-state index in [1.54, 1.807) is 41.5 Å². The third-order valence-electron chi connectivity index (χ3n) is 2.65. The van der Waals surface area contributed by atoms with E-state index in [1.807, 2.05) is 0 Å². The lowest BCUT2D eigenvalue weighted by atomic mass is 10.2. The number of carbonyl (C=O) groups excluding carboxylic acids is 2. The Morgan fingerprint density at radius 1 is 1.14 bits per heavy atom. The van der Waals surface area contributed by atoms with Crippen molar-refractivity contribution in [3.05, 3.63) is 0 Å². The zero-order chi connectivity index (χ0) is 17.0. The molecule has 22 heavy (non-hydrogen) atoms. The monoisotopic (exact) mass is 316 g/mol. The van der Waals surface area contributed by atoms with E-state index in [-0.39, 0.29) is 12.6 Å². The van der Waals surface area contributed by atoms with Crippen LogP contribution in [0.15, 0.2) is 0 Å². The smallest absolute Gasteiger partial charge is 0.429 e. The van der Waals surface area contributed by atoms with Gasteiger partial charge in [-0.15, -0.1) is 0 Å². The van der Waals surface area contributed by atoms with E-state index in [2.05, 4.69) is 5.43 Å². The van der Waals surface area contributed by atoms with Crippen molar-refractivity contribution in [2.75, 3.05) is 13.2 Å². The molecule has 0 saturated carbocycles. The van der Waals surface area contributed by atoms with Gasteiger partial charge in [-0.25, -0.2) is 20.0 Å². The van der Waals surface area contributed by atoms with E-state index in [0.717, 1.165) is 17.9 Å². The highest BCUT2D eigenvalue weighted by Gasteiger charge is 2.29. The molecule has 1 heterocycles. The topological polar surface area (TPSA) is 77.1 Å². The second-order valence-electron chi connectivity index (χ2n) is 7.34. The maximum absolute atomic E-state index is 12.2. The Bertz CT molecular complexity index is 392. The molecule has 2 amide bonds. The molecule has 0 bridgehead atoms. The van der Waals surface area contributed by atoms with Gasteiger partial charge in [0.15, 0.2) is 0 Å².